The van der Waals surface area contributed by atoms with Crippen molar-refractivity contribution in [3.63, 3.8) is 0 Å². The molecule has 0 saturated carbocycles. The summed E-state index contributed by atoms with van der Waals surface area (Å²) in [6.07, 6.45) is 3.04. The van der Waals surface area contributed by atoms with Crippen LogP contribution in [0.2, 0.25) is 5.02 Å². The summed E-state index contributed by atoms with van der Waals surface area (Å²) in [4.78, 5) is 18.0. The Hall–Kier alpha value is -1.59. The quantitative estimate of drug-likeness (QED) is 0.613. The smallest absolute Gasteiger partial charge is 0.235 e. The van der Waals surface area contributed by atoms with Gasteiger partial charge in [0.2, 0.25) is 5.91 Å². The Morgan fingerprint density at radius 3 is 3.12 bits per heavy atom. The highest BCUT2D eigenvalue weighted by molar-refractivity contribution is 8.01. The molecule has 4 nitrogen and oxygen atoms in total. The Bertz CT molecular complexity index is 1020. The number of amides is 1. The Labute approximate surface area is 161 Å². The van der Waals surface area contributed by atoms with Crippen molar-refractivity contribution in [2.45, 2.75) is 23.6 Å². The predicted octanol–water partition coefficient (Wildman–Crippen LogP) is 5.10. The number of halogens is 1. The molecule has 8 heteroatoms. The van der Waals surface area contributed by atoms with Gasteiger partial charge in [0, 0.05) is 9.90 Å². The van der Waals surface area contributed by atoms with Crippen LogP contribution in [0.25, 0.3) is 10.2 Å². The fourth-order valence-corrected chi connectivity index (χ4v) is 6.11. The molecule has 0 atom stereocenters. The molecule has 1 aromatic carbocycles. The highest BCUT2D eigenvalue weighted by Gasteiger charge is 2.23. The van der Waals surface area contributed by atoms with Gasteiger partial charge in [-0.2, -0.15) is 5.26 Å². The lowest BCUT2D eigenvalue weighted by atomic mass is 10.1. The molecule has 0 bridgehead atoms. The normalized spacial score (nSPS) is 13.0. The van der Waals surface area contributed by atoms with Gasteiger partial charge in [0.1, 0.15) is 11.1 Å². The second kappa shape index (κ2) is 6.96. The van der Waals surface area contributed by atoms with Crippen LogP contribution in [-0.4, -0.2) is 16.6 Å². The van der Waals surface area contributed by atoms with E-state index in [4.69, 9.17) is 11.6 Å². The first-order valence-corrected chi connectivity index (χ1v) is 10.7. The van der Waals surface area contributed by atoms with Gasteiger partial charge in [-0.05, 0) is 43.0 Å². The molecular formula is C17H12ClN3OS3. The number of thiazole rings is 1. The van der Waals surface area contributed by atoms with Gasteiger partial charge in [-0.3, -0.25) is 4.79 Å². The molecule has 0 saturated heterocycles. The van der Waals surface area contributed by atoms with Crippen molar-refractivity contribution >= 4 is 67.2 Å². The van der Waals surface area contributed by atoms with Crippen LogP contribution in [0.5, 0.6) is 0 Å². The molecule has 126 valence electrons. The van der Waals surface area contributed by atoms with E-state index in [1.54, 1.807) is 11.3 Å². The first-order chi connectivity index (χ1) is 12.1. The van der Waals surface area contributed by atoms with Gasteiger partial charge in [-0.1, -0.05) is 23.4 Å². The molecule has 25 heavy (non-hydrogen) atoms. The topological polar surface area (TPSA) is 65.8 Å². The molecule has 2 aromatic heterocycles. The standard InChI is InChI=1S/C17H12ClN3OS3/c18-9-4-5-14-12(6-9)20-17(25-14)23-8-15(22)21-16-11(7-19)10-2-1-3-13(10)24-16/h4-6H,1-3,8H2,(H,21,22). The SMILES string of the molecule is N#Cc1c(NC(=O)CSc2nc3cc(Cl)ccc3s2)sc2c1CCC2. The van der Waals surface area contributed by atoms with Gasteiger partial charge in [-0.15, -0.1) is 22.7 Å². The average molecular weight is 406 g/mol. The number of nitrogens with one attached hydrogen (secondary N) is 1. The van der Waals surface area contributed by atoms with Crippen LogP contribution in [0.15, 0.2) is 22.5 Å². The number of anilines is 1. The fourth-order valence-electron chi connectivity index (χ4n) is 2.84. The van der Waals surface area contributed by atoms with E-state index in [1.165, 1.54) is 28.0 Å². The van der Waals surface area contributed by atoms with Gasteiger partial charge in [0.15, 0.2) is 4.34 Å². The molecule has 2 heterocycles. The molecule has 0 aliphatic heterocycles. The number of benzene rings is 1. The zero-order chi connectivity index (χ0) is 17.4. The number of hydrogen-bond donors (Lipinski definition) is 1. The summed E-state index contributed by atoms with van der Waals surface area (Å²) in [6, 6.07) is 7.84. The van der Waals surface area contributed by atoms with Crippen molar-refractivity contribution in [3.05, 3.63) is 39.2 Å². The van der Waals surface area contributed by atoms with Crippen molar-refractivity contribution in [1.82, 2.24) is 4.98 Å². The summed E-state index contributed by atoms with van der Waals surface area (Å²) in [7, 11) is 0. The van der Waals surface area contributed by atoms with E-state index in [2.05, 4.69) is 16.4 Å². The van der Waals surface area contributed by atoms with E-state index in [0.717, 1.165) is 39.4 Å². The summed E-state index contributed by atoms with van der Waals surface area (Å²) < 4.78 is 1.88. The van der Waals surface area contributed by atoms with Crippen LogP contribution in [0.4, 0.5) is 5.00 Å². The number of carbonyl (C=O) groups is 1. The number of aromatic nitrogens is 1. The maximum atomic E-state index is 12.3. The van der Waals surface area contributed by atoms with Gasteiger partial charge in [-0.25, -0.2) is 4.98 Å². The van der Waals surface area contributed by atoms with Gasteiger partial charge in [0.25, 0.3) is 0 Å². The van der Waals surface area contributed by atoms with E-state index in [-0.39, 0.29) is 11.7 Å². The minimum Gasteiger partial charge on any atom is -0.316 e. The molecule has 0 unspecified atom stereocenters. The summed E-state index contributed by atoms with van der Waals surface area (Å²) in [6.45, 7) is 0. The van der Waals surface area contributed by atoms with Crippen LogP contribution in [-0.2, 0) is 17.6 Å². The first-order valence-electron chi connectivity index (χ1n) is 7.67. The van der Waals surface area contributed by atoms with Crippen LogP contribution in [0, 0.1) is 11.3 Å². The van der Waals surface area contributed by atoms with Crippen molar-refractivity contribution in [3.8, 4) is 6.07 Å². The molecule has 1 aliphatic rings. The van der Waals surface area contributed by atoms with Crippen molar-refractivity contribution in [2.24, 2.45) is 0 Å². The van der Waals surface area contributed by atoms with Crippen molar-refractivity contribution in [2.75, 3.05) is 11.1 Å². The third kappa shape index (κ3) is 3.40. The number of carbonyl (C=O) groups excluding carboxylic acids is 1. The predicted molar refractivity (Wildman–Crippen MR) is 105 cm³/mol. The summed E-state index contributed by atoms with van der Waals surface area (Å²) in [5.74, 6) is 0.153. The molecule has 0 spiro atoms. The lowest BCUT2D eigenvalue weighted by molar-refractivity contribution is -0.113. The lowest BCUT2D eigenvalue weighted by Crippen LogP contribution is -2.13. The third-order valence-corrected chi connectivity index (χ3v) is 7.56. The molecule has 4 rings (SSSR count). The minimum absolute atomic E-state index is 0.112. The average Bonchev–Trinajstić information content (AvgIpc) is 3.26. The Kier molecular flexibility index (Phi) is 4.69. The number of hydrogen-bond acceptors (Lipinski definition) is 6. The van der Waals surface area contributed by atoms with Crippen LogP contribution >= 0.6 is 46.0 Å². The Balaban J connectivity index is 1.43. The van der Waals surface area contributed by atoms with E-state index >= 15 is 0 Å². The summed E-state index contributed by atoms with van der Waals surface area (Å²) in [5.41, 5.74) is 2.62. The van der Waals surface area contributed by atoms with E-state index < -0.39 is 0 Å². The Morgan fingerprint density at radius 2 is 2.28 bits per heavy atom. The van der Waals surface area contributed by atoms with Crippen molar-refractivity contribution in [1.29, 1.82) is 5.26 Å². The monoisotopic (exact) mass is 405 g/mol. The molecule has 1 N–H and O–H groups in total. The second-order valence-corrected chi connectivity index (χ2v) is 9.40. The third-order valence-electron chi connectivity index (χ3n) is 3.94. The molecule has 0 radical (unpaired) electrons. The molecule has 1 amide bonds. The number of nitrogens with zero attached hydrogens (tertiary/aromatic N) is 2. The summed E-state index contributed by atoms with van der Waals surface area (Å²) in [5, 5.41) is 13.6. The lowest BCUT2D eigenvalue weighted by Gasteiger charge is -2.02. The number of fused-ring (bicyclic) bond motifs is 2. The maximum Gasteiger partial charge on any atom is 0.235 e. The minimum atomic E-state index is -0.112. The van der Waals surface area contributed by atoms with Crippen molar-refractivity contribution < 1.29 is 4.79 Å². The maximum absolute atomic E-state index is 12.3. The zero-order valence-corrected chi connectivity index (χ0v) is 16.2. The highest BCUT2D eigenvalue weighted by Crippen LogP contribution is 2.38. The van der Waals surface area contributed by atoms with Gasteiger partial charge >= 0.3 is 0 Å². The number of nitriles is 1. The highest BCUT2D eigenvalue weighted by atomic mass is 35.5. The van der Waals surface area contributed by atoms with E-state index in [1.807, 2.05) is 18.2 Å². The molecular weight excluding hydrogens is 394 g/mol. The Morgan fingerprint density at radius 1 is 1.40 bits per heavy atom. The van der Waals surface area contributed by atoms with Gasteiger partial charge in [0.05, 0.1) is 21.5 Å². The van der Waals surface area contributed by atoms with E-state index in [9.17, 15) is 10.1 Å². The summed E-state index contributed by atoms with van der Waals surface area (Å²) >= 11 is 10.5. The van der Waals surface area contributed by atoms with Crippen LogP contribution < -0.4 is 5.32 Å². The largest absolute Gasteiger partial charge is 0.316 e. The molecule has 3 aromatic rings. The van der Waals surface area contributed by atoms with Crippen LogP contribution in [0.1, 0.15) is 22.4 Å². The van der Waals surface area contributed by atoms with Gasteiger partial charge < -0.3 is 5.32 Å². The fraction of sp³-hybridized carbons (Fsp3) is 0.235. The number of thiophene rings is 1. The van der Waals surface area contributed by atoms with Crippen LogP contribution in [0.3, 0.4) is 0 Å². The molecule has 1 aliphatic carbocycles. The first kappa shape index (κ1) is 16.9. The molecule has 0 fully saturated rings. The number of thioether (sulfide) groups is 1. The van der Waals surface area contributed by atoms with E-state index in [0.29, 0.717) is 15.6 Å². The second-order valence-electron chi connectivity index (χ2n) is 5.60. The number of rotatable bonds is 4. The number of aryl methyl sites for hydroxylation is 1. The zero-order valence-electron chi connectivity index (χ0n) is 13.0.